The van der Waals surface area contributed by atoms with Gasteiger partial charge >= 0.3 is 0 Å². The number of hydrogen-bond acceptors (Lipinski definition) is 3. The minimum Gasteiger partial charge on any atom is -0.493 e. The summed E-state index contributed by atoms with van der Waals surface area (Å²) in [6.07, 6.45) is 2.63. The fraction of sp³-hybridized carbons (Fsp3) is 0.391. The lowest BCUT2D eigenvalue weighted by molar-refractivity contribution is -0.122. The first kappa shape index (κ1) is 21.2. The van der Waals surface area contributed by atoms with Crippen LogP contribution in [-0.2, 0) is 4.79 Å². The second-order valence-electron chi connectivity index (χ2n) is 7.36. The number of piperidine rings is 1. The molecule has 0 saturated carbocycles. The van der Waals surface area contributed by atoms with Crippen LogP contribution in [-0.4, -0.2) is 42.5 Å². The number of para-hydroxylation sites is 1. The average molecular weight is 415 g/mol. The molecule has 0 radical (unpaired) electrons. The van der Waals surface area contributed by atoms with E-state index in [4.69, 9.17) is 16.3 Å². The molecule has 6 heteroatoms. The smallest absolute Gasteiger partial charge is 0.253 e. The van der Waals surface area contributed by atoms with Gasteiger partial charge in [0.05, 0.1) is 6.61 Å². The number of likely N-dealkylation sites (tertiary alicyclic amines) is 1. The summed E-state index contributed by atoms with van der Waals surface area (Å²) in [4.78, 5) is 26.6. The Bertz CT molecular complexity index is 848. The molecule has 0 bridgehead atoms. The van der Waals surface area contributed by atoms with Gasteiger partial charge in [-0.05, 0) is 56.0 Å². The van der Waals surface area contributed by atoms with Crippen LogP contribution in [0.1, 0.15) is 41.6 Å². The van der Waals surface area contributed by atoms with E-state index in [-0.39, 0.29) is 17.9 Å². The Morgan fingerprint density at radius 2 is 1.90 bits per heavy atom. The van der Waals surface area contributed by atoms with Crippen molar-refractivity contribution >= 4 is 23.4 Å². The summed E-state index contributed by atoms with van der Waals surface area (Å²) < 4.78 is 5.73. The van der Waals surface area contributed by atoms with Gasteiger partial charge in [-0.2, -0.15) is 0 Å². The van der Waals surface area contributed by atoms with Gasteiger partial charge < -0.3 is 15.0 Å². The Kier molecular flexibility index (Phi) is 7.53. The number of aryl methyl sites for hydroxylation is 1. The number of nitrogens with one attached hydrogen (secondary N) is 1. The number of carbonyl (C=O) groups excluding carboxylic acids is 2. The molecule has 1 saturated heterocycles. The van der Waals surface area contributed by atoms with Gasteiger partial charge in [-0.15, -0.1) is 0 Å². The van der Waals surface area contributed by atoms with Crippen LogP contribution in [0.2, 0.25) is 5.02 Å². The molecule has 2 amide bonds. The standard InChI is InChI=1S/C23H27ClN2O3/c1-17-6-2-3-9-21(17)29-15-5-10-22(27)25-20-11-13-26(14-12-20)23(28)18-7-4-8-19(24)16-18/h2-4,6-9,16,20H,5,10-15H2,1H3,(H,25,27). The average Bonchev–Trinajstić information content (AvgIpc) is 2.72. The molecule has 2 aromatic carbocycles. The lowest BCUT2D eigenvalue weighted by Crippen LogP contribution is -2.46. The summed E-state index contributed by atoms with van der Waals surface area (Å²) >= 11 is 5.98. The summed E-state index contributed by atoms with van der Waals surface area (Å²) in [6, 6.07) is 15.0. The van der Waals surface area contributed by atoms with Gasteiger partial charge in [-0.25, -0.2) is 0 Å². The van der Waals surface area contributed by atoms with Crippen molar-refractivity contribution in [3.8, 4) is 5.75 Å². The van der Waals surface area contributed by atoms with Crippen molar-refractivity contribution in [2.75, 3.05) is 19.7 Å². The van der Waals surface area contributed by atoms with E-state index >= 15 is 0 Å². The van der Waals surface area contributed by atoms with Gasteiger partial charge in [0.1, 0.15) is 5.75 Å². The Hall–Kier alpha value is -2.53. The minimum atomic E-state index is -0.00868. The zero-order valence-corrected chi connectivity index (χ0v) is 17.5. The van der Waals surface area contributed by atoms with Crippen molar-refractivity contribution in [1.29, 1.82) is 0 Å². The predicted molar refractivity (Wildman–Crippen MR) is 114 cm³/mol. The number of halogens is 1. The van der Waals surface area contributed by atoms with Crippen molar-refractivity contribution in [3.63, 3.8) is 0 Å². The van der Waals surface area contributed by atoms with Crippen LogP contribution < -0.4 is 10.1 Å². The van der Waals surface area contributed by atoms with Crippen LogP contribution in [0.3, 0.4) is 0 Å². The normalized spacial score (nSPS) is 14.5. The van der Waals surface area contributed by atoms with Crippen LogP contribution >= 0.6 is 11.6 Å². The quantitative estimate of drug-likeness (QED) is 0.690. The third kappa shape index (κ3) is 6.23. The molecule has 1 fully saturated rings. The van der Waals surface area contributed by atoms with E-state index in [1.165, 1.54) is 0 Å². The van der Waals surface area contributed by atoms with Gasteiger partial charge in [-0.3, -0.25) is 9.59 Å². The zero-order chi connectivity index (χ0) is 20.6. The van der Waals surface area contributed by atoms with Crippen molar-refractivity contribution in [3.05, 3.63) is 64.7 Å². The van der Waals surface area contributed by atoms with Crippen molar-refractivity contribution < 1.29 is 14.3 Å². The topological polar surface area (TPSA) is 58.6 Å². The van der Waals surface area contributed by atoms with Crippen LogP contribution in [0.15, 0.2) is 48.5 Å². The highest BCUT2D eigenvalue weighted by molar-refractivity contribution is 6.30. The maximum absolute atomic E-state index is 12.6. The molecule has 0 spiro atoms. The summed E-state index contributed by atoms with van der Waals surface area (Å²) in [5.74, 6) is 0.897. The fourth-order valence-corrected chi connectivity index (χ4v) is 3.65. The second kappa shape index (κ2) is 10.3. The van der Waals surface area contributed by atoms with Crippen molar-refractivity contribution in [2.24, 2.45) is 0 Å². The van der Waals surface area contributed by atoms with Gasteiger partial charge in [-0.1, -0.05) is 35.9 Å². The largest absolute Gasteiger partial charge is 0.493 e. The maximum atomic E-state index is 12.6. The van der Waals surface area contributed by atoms with Gasteiger partial charge in [0.2, 0.25) is 5.91 Å². The van der Waals surface area contributed by atoms with Gasteiger partial charge in [0, 0.05) is 36.1 Å². The molecule has 0 aromatic heterocycles. The molecule has 3 rings (SSSR count). The number of hydrogen-bond donors (Lipinski definition) is 1. The molecule has 1 N–H and O–H groups in total. The van der Waals surface area contributed by atoms with Crippen molar-refractivity contribution in [2.45, 2.75) is 38.6 Å². The summed E-state index contributed by atoms with van der Waals surface area (Å²) in [7, 11) is 0. The Labute approximate surface area is 177 Å². The fourth-order valence-electron chi connectivity index (χ4n) is 3.46. The molecule has 29 heavy (non-hydrogen) atoms. The van der Waals surface area contributed by atoms with E-state index in [9.17, 15) is 9.59 Å². The highest BCUT2D eigenvalue weighted by atomic mass is 35.5. The lowest BCUT2D eigenvalue weighted by Gasteiger charge is -2.32. The van der Waals surface area contributed by atoms with Crippen LogP contribution in [0, 0.1) is 6.92 Å². The summed E-state index contributed by atoms with van der Waals surface area (Å²) in [5, 5.41) is 3.64. The highest BCUT2D eigenvalue weighted by Crippen LogP contribution is 2.18. The monoisotopic (exact) mass is 414 g/mol. The molecule has 0 aliphatic carbocycles. The first-order chi connectivity index (χ1) is 14.0. The first-order valence-electron chi connectivity index (χ1n) is 10.1. The molecule has 154 valence electrons. The van der Waals surface area contributed by atoms with E-state index in [0.717, 1.165) is 24.2 Å². The first-order valence-corrected chi connectivity index (χ1v) is 10.4. The number of benzene rings is 2. The summed E-state index contributed by atoms with van der Waals surface area (Å²) in [6.45, 7) is 3.79. The van der Waals surface area contributed by atoms with Crippen LogP contribution in [0.25, 0.3) is 0 Å². The number of ether oxygens (including phenoxy) is 1. The summed E-state index contributed by atoms with van der Waals surface area (Å²) in [5.41, 5.74) is 1.70. The molecule has 1 heterocycles. The van der Waals surface area contributed by atoms with E-state index in [0.29, 0.717) is 43.1 Å². The Morgan fingerprint density at radius 1 is 1.14 bits per heavy atom. The Balaban J connectivity index is 1.35. The molecular formula is C23H27ClN2O3. The van der Waals surface area contributed by atoms with Crippen molar-refractivity contribution in [1.82, 2.24) is 10.2 Å². The molecule has 1 aliphatic rings. The Morgan fingerprint density at radius 3 is 2.62 bits per heavy atom. The second-order valence-corrected chi connectivity index (χ2v) is 7.80. The van der Waals surface area contributed by atoms with E-state index in [1.807, 2.05) is 36.1 Å². The van der Waals surface area contributed by atoms with Gasteiger partial charge in [0.25, 0.3) is 5.91 Å². The highest BCUT2D eigenvalue weighted by Gasteiger charge is 2.24. The third-order valence-corrected chi connectivity index (χ3v) is 5.35. The minimum absolute atomic E-state index is 0.00868. The molecule has 1 aliphatic heterocycles. The molecule has 0 unspecified atom stereocenters. The molecule has 2 aromatic rings. The van der Waals surface area contributed by atoms with E-state index in [2.05, 4.69) is 5.32 Å². The zero-order valence-electron chi connectivity index (χ0n) is 16.7. The number of carbonyl (C=O) groups is 2. The molecular weight excluding hydrogens is 388 g/mol. The molecule has 0 atom stereocenters. The number of rotatable bonds is 7. The lowest BCUT2D eigenvalue weighted by atomic mass is 10.0. The maximum Gasteiger partial charge on any atom is 0.253 e. The number of amides is 2. The number of nitrogens with zero attached hydrogens (tertiary/aromatic N) is 1. The predicted octanol–water partition coefficient (Wildman–Crippen LogP) is 4.23. The van der Waals surface area contributed by atoms with Gasteiger partial charge in [0.15, 0.2) is 0 Å². The SMILES string of the molecule is Cc1ccccc1OCCCC(=O)NC1CCN(C(=O)c2cccc(Cl)c2)CC1. The third-order valence-electron chi connectivity index (χ3n) is 5.12. The molecule has 5 nitrogen and oxygen atoms in total. The van der Waals surface area contributed by atoms with E-state index in [1.54, 1.807) is 24.3 Å². The van der Waals surface area contributed by atoms with Crippen LogP contribution in [0.4, 0.5) is 0 Å². The van der Waals surface area contributed by atoms with Crippen LogP contribution in [0.5, 0.6) is 5.75 Å². The van der Waals surface area contributed by atoms with E-state index < -0.39 is 0 Å².